The third kappa shape index (κ3) is 1.30. The van der Waals surface area contributed by atoms with Gasteiger partial charge in [0.05, 0.1) is 6.33 Å². The number of rotatable bonds is 2. The van der Waals surface area contributed by atoms with Crippen LogP contribution in [0.5, 0.6) is 0 Å². The minimum absolute atomic E-state index is 0.831. The molecule has 10 heavy (non-hydrogen) atoms. The Kier molecular flexibility index (Phi) is 1.96. The van der Waals surface area contributed by atoms with Crippen LogP contribution in [0.2, 0.25) is 0 Å². The summed E-state index contributed by atoms with van der Waals surface area (Å²) in [6.07, 6.45) is 4.46. The van der Waals surface area contributed by atoms with Crippen LogP contribution in [-0.4, -0.2) is 20.6 Å². The normalized spacial score (nSPS) is 12.9. The molecule has 5 heteroatoms. The SMILES string of the molecule is O=C(O)C(S)n1ccnc1. The van der Waals surface area contributed by atoms with Gasteiger partial charge in [-0.2, -0.15) is 0 Å². The number of carboxylic acids is 1. The Labute approximate surface area is 62.9 Å². The van der Waals surface area contributed by atoms with Crippen LogP contribution in [-0.2, 0) is 4.79 Å². The van der Waals surface area contributed by atoms with E-state index in [0.717, 1.165) is 0 Å². The molecular weight excluding hydrogens is 152 g/mol. The molecule has 0 aliphatic rings. The molecule has 1 unspecified atom stereocenters. The summed E-state index contributed by atoms with van der Waals surface area (Å²) in [4.78, 5) is 13.9. The first-order chi connectivity index (χ1) is 4.72. The Hall–Kier alpha value is -0.970. The summed E-state index contributed by atoms with van der Waals surface area (Å²) < 4.78 is 1.39. The molecule has 4 nitrogen and oxygen atoms in total. The first-order valence-corrected chi connectivity index (χ1v) is 3.12. The van der Waals surface area contributed by atoms with Crippen LogP contribution >= 0.6 is 12.6 Å². The zero-order valence-corrected chi connectivity index (χ0v) is 5.90. The highest BCUT2D eigenvalue weighted by Crippen LogP contribution is 2.09. The predicted molar refractivity (Wildman–Crippen MR) is 37.9 cm³/mol. The fourth-order valence-electron chi connectivity index (χ4n) is 0.542. The number of carboxylic acid groups (broad SMARTS) is 1. The maximum Gasteiger partial charge on any atom is 0.337 e. The summed E-state index contributed by atoms with van der Waals surface area (Å²) in [6.45, 7) is 0. The molecule has 1 atom stereocenters. The molecule has 0 amide bonds. The van der Waals surface area contributed by atoms with E-state index in [1.807, 2.05) is 0 Å². The molecule has 0 radical (unpaired) electrons. The fraction of sp³-hybridized carbons (Fsp3) is 0.200. The van der Waals surface area contributed by atoms with Crippen molar-refractivity contribution in [1.29, 1.82) is 0 Å². The van der Waals surface area contributed by atoms with Crippen molar-refractivity contribution in [2.45, 2.75) is 5.37 Å². The van der Waals surface area contributed by atoms with Crippen molar-refractivity contribution in [1.82, 2.24) is 9.55 Å². The van der Waals surface area contributed by atoms with Gasteiger partial charge in [-0.3, -0.25) is 0 Å². The van der Waals surface area contributed by atoms with E-state index in [1.54, 1.807) is 6.20 Å². The molecule has 0 saturated carbocycles. The number of hydrogen-bond acceptors (Lipinski definition) is 3. The van der Waals surface area contributed by atoms with E-state index in [2.05, 4.69) is 17.6 Å². The van der Waals surface area contributed by atoms with E-state index >= 15 is 0 Å². The summed E-state index contributed by atoms with van der Waals surface area (Å²) in [5, 5.41) is 7.60. The lowest BCUT2D eigenvalue weighted by atomic mass is 10.6. The Morgan fingerprint density at radius 3 is 2.90 bits per heavy atom. The van der Waals surface area contributed by atoms with Crippen molar-refractivity contribution in [2.75, 3.05) is 0 Å². The second-order valence-corrected chi connectivity index (χ2v) is 2.21. The average Bonchev–Trinajstić information content (AvgIpc) is 2.36. The van der Waals surface area contributed by atoms with Gasteiger partial charge in [-0.1, -0.05) is 0 Å². The molecule has 0 bridgehead atoms. The van der Waals surface area contributed by atoms with E-state index in [0.29, 0.717) is 0 Å². The molecule has 0 fully saturated rings. The van der Waals surface area contributed by atoms with Crippen LogP contribution in [0, 0.1) is 0 Å². The van der Waals surface area contributed by atoms with Crippen molar-refractivity contribution in [3.63, 3.8) is 0 Å². The summed E-state index contributed by atoms with van der Waals surface area (Å²) in [7, 11) is 0. The smallest absolute Gasteiger partial charge is 0.337 e. The van der Waals surface area contributed by atoms with Gasteiger partial charge in [-0.15, -0.1) is 12.6 Å². The molecule has 0 saturated heterocycles. The predicted octanol–water partition coefficient (Wildman–Crippen LogP) is 0.396. The van der Waals surface area contributed by atoms with Gasteiger partial charge in [0.15, 0.2) is 5.37 Å². The Morgan fingerprint density at radius 2 is 2.50 bits per heavy atom. The monoisotopic (exact) mass is 158 g/mol. The van der Waals surface area contributed by atoms with Crippen molar-refractivity contribution in [3.05, 3.63) is 18.7 Å². The lowest BCUT2D eigenvalue weighted by molar-refractivity contribution is -0.137. The van der Waals surface area contributed by atoms with Crippen LogP contribution in [0.4, 0.5) is 0 Å². The third-order valence-electron chi connectivity index (χ3n) is 1.03. The molecule has 1 rings (SSSR count). The molecule has 0 aliphatic heterocycles. The Bertz CT molecular complexity index is 222. The van der Waals surface area contributed by atoms with E-state index in [1.165, 1.54) is 17.1 Å². The zero-order valence-electron chi connectivity index (χ0n) is 5.01. The molecule has 0 spiro atoms. The van der Waals surface area contributed by atoms with Gasteiger partial charge < -0.3 is 9.67 Å². The quantitative estimate of drug-likeness (QED) is 0.612. The van der Waals surface area contributed by atoms with Crippen LogP contribution in [0.3, 0.4) is 0 Å². The summed E-state index contributed by atoms with van der Waals surface area (Å²) >= 11 is 3.80. The van der Waals surface area contributed by atoms with E-state index in [9.17, 15) is 4.79 Å². The maximum absolute atomic E-state index is 10.3. The van der Waals surface area contributed by atoms with Crippen LogP contribution < -0.4 is 0 Å². The van der Waals surface area contributed by atoms with Crippen LogP contribution in [0.25, 0.3) is 0 Å². The van der Waals surface area contributed by atoms with Gasteiger partial charge in [0.1, 0.15) is 0 Å². The molecule has 0 aliphatic carbocycles. The van der Waals surface area contributed by atoms with Crippen LogP contribution in [0.1, 0.15) is 5.37 Å². The third-order valence-corrected chi connectivity index (χ3v) is 1.52. The lowest BCUT2D eigenvalue weighted by Gasteiger charge is -2.04. The second kappa shape index (κ2) is 2.74. The van der Waals surface area contributed by atoms with Gasteiger partial charge in [0.25, 0.3) is 0 Å². The van der Waals surface area contributed by atoms with Crippen molar-refractivity contribution < 1.29 is 9.90 Å². The number of thiol groups is 1. The van der Waals surface area contributed by atoms with Crippen molar-refractivity contribution in [2.24, 2.45) is 0 Å². The highest BCUT2D eigenvalue weighted by Gasteiger charge is 2.11. The maximum atomic E-state index is 10.3. The molecule has 1 N–H and O–H groups in total. The van der Waals surface area contributed by atoms with Crippen LogP contribution in [0.15, 0.2) is 18.7 Å². The van der Waals surface area contributed by atoms with Gasteiger partial charge >= 0.3 is 5.97 Å². The van der Waals surface area contributed by atoms with E-state index in [4.69, 9.17) is 5.11 Å². The summed E-state index contributed by atoms with van der Waals surface area (Å²) in [6, 6.07) is 0. The number of hydrogen-bond donors (Lipinski definition) is 2. The van der Waals surface area contributed by atoms with E-state index in [-0.39, 0.29) is 0 Å². The van der Waals surface area contributed by atoms with Gasteiger partial charge in [-0.05, 0) is 0 Å². The highest BCUT2D eigenvalue weighted by molar-refractivity contribution is 7.81. The second-order valence-electron chi connectivity index (χ2n) is 1.72. The highest BCUT2D eigenvalue weighted by atomic mass is 32.1. The topological polar surface area (TPSA) is 55.1 Å². The molecule has 1 heterocycles. The van der Waals surface area contributed by atoms with Gasteiger partial charge in [-0.25, -0.2) is 9.78 Å². The Morgan fingerprint density at radius 1 is 1.80 bits per heavy atom. The van der Waals surface area contributed by atoms with Gasteiger partial charge in [0.2, 0.25) is 0 Å². The standard InChI is InChI=1S/C5H6N2O2S/c8-5(9)4(10)7-2-1-6-3-7/h1-4,10H,(H,8,9). The number of aliphatic carboxylic acids is 1. The number of imidazole rings is 1. The fourth-order valence-corrected chi connectivity index (χ4v) is 0.678. The van der Waals surface area contributed by atoms with Gasteiger partial charge in [0, 0.05) is 12.4 Å². The van der Waals surface area contributed by atoms with Crippen molar-refractivity contribution in [3.8, 4) is 0 Å². The lowest BCUT2D eigenvalue weighted by Crippen LogP contribution is -2.11. The molecule has 1 aromatic heterocycles. The molecule has 1 aromatic rings. The van der Waals surface area contributed by atoms with Crippen molar-refractivity contribution >= 4 is 18.6 Å². The molecular formula is C5H6N2O2S. The largest absolute Gasteiger partial charge is 0.479 e. The first kappa shape index (κ1) is 7.14. The zero-order chi connectivity index (χ0) is 7.56. The first-order valence-electron chi connectivity index (χ1n) is 2.60. The number of carbonyl (C=O) groups is 1. The number of aromatic nitrogens is 2. The molecule has 0 aromatic carbocycles. The minimum atomic E-state index is -0.985. The average molecular weight is 158 g/mol. The molecule has 54 valence electrons. The van der Waals surface area contributed by atoms with E-state index < -0.39 is 11.3 Å². The number of nitrogens with zero attached hydrogens (tertiary/aromatic N) is 2. The summed E-state index contributed by atoms with van der Waals surface area (Å²) in [5.41, 5.74) is 0. The minimum Gasteiger partial charge on any atom is -0.479 e. The summed E-state index contributed by atoms with van der Waals surface area (Å²) in [5.74, 6) is -0.985. The Balaban J connectivity index is 2.77.